The van der Waals surface area contributed by atoms with Gasteiger partial charge >= 0.3 is 5.97 Å². The third-order valence-corrected chi connectivity index (χ3v) is 2.61. The zero-order valence-corrected chi connectivity index (χ0v) is 9.63. The van der Waals surface area contributed by atoms with Gasteiger partial charge in [0.2, 0.25) is 0 Å². The smallest absolute Gasteiger partial charge is 0.336 e. The van der Waals surface area contributed by atoms with Crippen LogP contribution in [0.5, 0.6) is 0 Å². The predicted octanol–water partition coefficient (Wildman–Crippen LogP) is 0.0420. The molecule has 0 bridgehead atoms. The van der Waals surface area contributed by atoms with Gasteiger partial charge in [-0.05, 0) is 12.1 Å². The lowest BCUT2D eigenvalue weighted by atomic mass is 10.2. The van der Waals surface area contributed by atoms with Crippen LogP contribution in [-0.4, -0.2) is 43.9 Å². The topological polar surface area (TPSA) is 77.7 Å². The van der Waals surface area contributed by atoms with Crippen molar-refractivity contribution in [3.05, 3.63) is 18.2 Å². The fourth-order valence-electron chi connectivity index (χ4n) is 1.75. The molecule has 2 rings (SSSR count). The number of aromatic nitrogens is 1. The van der Waals surface area contributed by atoms with Crippen LogP contribution in [0, 0.1) is 0 Å². The number of anilines is 2. The van der Waals surface area contributed by atoms with Crippen molar-refractivity contribution in [3.8, 4) is 0 Å². The number of rotatable bonds is 2. The molecule has 0 spiro atoms. The van der Waals surface area contributed by atoms with E-state index < -0.39 is 6.10 Å². The number of esters is 1. The number of ether oxygens (including phenoxy) is 2. The summed E-state index contributed by atoms with van der Waals surface area (Å²) in [6.07, 6.45) is -0.558. The van der Waals surface area contributed by atoms with E-state index in [1.807, 2.05) is 17.0 Å². The Morgan fingerprint density at radius 3 is 3.18 bits per heavy atom. The molecule has 0 aliphatic carbocycles. The Labute approximate surface area is 99.3 Å². The van der Waals surface area contributed by atoms with Gasteiger partial charge in [0, 0.05) is 6.54 Å². The lowest BCUT2D eigenvalue weighted by Gasteiger charge is -2.32. The van der Waals surface area contributed by atoms with E-state index in [1.54, 1.807) is 6.07 Å². The van der Waals surface area contributed by atoms with Crippen LogP contribution in [0.1, 0.15) is 0 Å². The van der Waals surface area contributed by atoms with Gasteiger partial charge in [0.1, 0.15) is 11.6 Å². The van der Waals surface area contributed by atoms with E-state index in [9.17, 15) is 4.79 Å². The second-order valence-corrected chi connectivity index (χ2v) is 3.75. The number of nitrogens with zero attached hydrogens (tertiary/aromatic N) is 2. The van der Waals surface area contributed by atoms with Crippen molar-refractivity contribution in [2.75, 3.05) is 37.4 Å². The van der Waals surface area contributed by atoms with E-state index >= 15 is 0 Å². The average molecular weight is 237 g/mol. The molecule has 1 saturated heterocycles. The van der Waals surface area contributed by atoms with Crippen LogP contribution in [0.2, 0.25) is 0 Å². The van der Waals surface area contributed by atoms with E-state index in [0.29, 0.717) is 25.5 Å². The molecule has 1 unspecified atom stereocenters. The molecule has 17 heavy (non-hydrogen) atoms. The summed E-state index contributed by atoms with van der Waals surface area (Å²) in [4.78, 5) is 17.6. The summed E-state index contributed by atoms with van der Waals surface area (Å²) >= 11 is 0. The first-order valence-electron chi connectivity index (χ1n) is 5.37. The molecule has 6 nitrogen and oxygen atoms in total. The molecule has 92 valence electrons. The maximum Gasteiger partial charge on any atom is 0.336 e. The summed E-state index contributed by atoms with van der Waals surface area (Å²) in [5, 5.41) is 0. The van der Waals surface area contributed by atoms with Gasteiger partial charge in [-0.1, -0.05) is 6.07 Å². The van der Waals surface area contributed by atoms with E-state index in [-0.39, 0.29) is 5.97 Å². The fourth-order valence-corrected chi connectivity index (χ4v) is 1.75. The zero-order chi connectivity index (χ0) is 12.3. The first kappa shape index (κ1) is 11.7. The van der Waals surface area contributed by atoms with E-state index in [4.69, 9.17) is 10.5 Å². The minimum atomic E-state index is -0.558. The summed E-state index contributed by atoms with van der Waals surface area (Å²) in [5.74, 6) is 0.851. The number of hydrogen-bond acceptors (Lipinski definition) is 6. The number of nitrogen functional groups attached to an aromatic ring is 1. The number of pyridine rings is 1. The highest BCUT2D eigenvalue weighted by Crippen LogP contribution is 2.16. The fraction of sp³-hybridized carbons (Fsp3) is 0.455. The van der Waals surface area contributed by atoms with Gasteiger partial charge < -0.3 is 20.1 Å². The molecule has 1 fully saturated rings. The standard InChI is InChI=1S/C11H15N3O3/c1-16-11(15)8-7-14(5-6-17-8)10-4-2-3-9(12)13-10/h2-4,8H,5-7H2,1H3,(H2,12,13). The van der Waals surface area contributed by atoms with Gasteiger partial charge in [-0.15, -0.1) is 0 Å². The van der Waals surface area contributed by atoms with Crippen molar-refractivity contribution in [1.82, 2.24) is 4.98 Å². The molecule has 1 atom stereocenters. The van der Waals surface area contributed by atoms with Crippen molar-refractivity contribution in [1.29, 1.82) is 0 Å². The summed E-state index contributed by atoms with van der Waals surface area (Å²) in [5.41, 5.74) is 5.63. The van der Waals surface area contributed by atoms with Crippen LogP contribution in [0.15, 0.2) is 18.2 Å². The summed E-state index contributed by atoms with van der Waals surface area (Å²) < 4.78 is 10.00. The molecule has 1 aliphatic heterocycles. The molecule has 0 aromatic carbocycles. The predicted molar refractivity (Wildman–Crippen MR) is 62.6 cm³/mol. The quantitative estimate of drug-likeness (QED) is 0.732. The Balaban J connectivity index is 2.09. The van der Waals surface area contributed by atoms with E-state index in [2.05, 4.69) is 9.72 Å². The third kappa shape index (κ3) is 2.65. The van der Waals surface area contributed by atoms with Crippen molar-refractivity contribution >= 4 is 17.6 Å². The van der Waals surface area contributed by atoms with E-state index in [0.717, 1.165) is 5.82 Å². The Kier molecular flexibility index (Phi) is 3.43. The van der Waals surface area contributed by atoms with Crippen LogP contribution in [0.3, 0.4) is 0 Å². The number of carbonyl (C=O) groups is 1. The Hall–Kier alpha value is -1.82. The van der Waals surface area contributed by atoms with Crippen LogP contribution in [0.25, 0.3) is 0 Å². The molecule has 1 aliphatic rings. The normalized spacial score (nSPS) is 20.1. The Bertz CT molecular complexity index is 411. The summed E-state index contributed by atoms with van der Waals surface area (Å²) in [6.45, 7) is 1.59. The van der Waals surface area contributed by atoms with Crippen LogP contribution < -0.4 is 10.6 Å². The van der Waals surface area contributed by atoms with Gasteiger partial charge in [-0.2, -0.15) is 0 Å². The number of nitrogens with two attached hydrogens (primary N) is 1. The lowest BCUT2D eigenvalue weighted by Crippen LogP contribution is -2.46. The van der Waals surface area contributed by atoms with Gasteiger partial charge in [-0.25, -0.2) is 9.78 Å². The molecular formula is C11H15N3O3. The van der Waals surface area contributed by atoms with Gasteiger partial charge in [0.05, 0.1) is 20.3 Å². The van der Waals surface area contributed by atoms with Gasteiger partial charge in [-0.3, -0.25) is 0 Å². The molecule has 0 saturated carbocycles. The van der Waals surface area contributed by atoms with Crippen LogP contribution in [-0.2, 0) is 14.3 Å². The van der Waals surface area contributed by atoms with Crippen molar-refractivity contribution in [3.63, 3.8) is 0 Å². The van der Waals surface area contributed by atoms with Crippen molar-refractivity contribution < 1.29 is 14.3 Å². The highest BCUT2D eigenvalue weighted by atomic mass is 16.6. The number of carbonyl (C=O) groups excluding carboxylic acids is 1. The number of methoxy groups -OCH3 is 1. The molecule has 2 heterocycles. The summed E-state index contributed by atoms with van der Waals surface area (Å²) in [7, 11) is 1.35. The molecule has 2 N–H and O–H groups in total. The maximum atomic E-state index is 11.4. The second-order valence-electron chi connectivity index (χ2n) is 3.75. The molecule has 0 amide bonds. The monoisotopic (exact) mass is 237 g/mol. The Morgan fingerprint density at radius 2 is 2.47 bits per heavy atom. The Morgan fingerprint density at radius 1 is 1.65 bits per heavy atom. The third-order valence-electron chi connectivity index (χ3n) is 2.61. The molecule has 6 heteroatoms. The molecule has 1 aromatic heterocycles. The zero-order valence-electron chi connectivity index (χ0n) is 9.63. The van der Waals surface area contributed by atoms with Crippen LogP contribution in [0.4, 0.5) is 11.6 Å². The summed E-state index contributed by atoms with van der Waals surface area (Å²) in [6, 6.07) is 5.41. The molecular weight excluding hydrogens is 222 g/mol. The molecule has 0 radical (unpaired) electrons. The number of morpholine rings is 1. The van der Waals surface area contributed by atoms with Gasteiger partial charge in [0.25, 0.3) is 0 Å². The first-order valence-corrected chi connectivity index (χ1v) is 5.37. The second kappa shape index (κ2) is 5.01. The molecule has 1 aromatic rings. The van der Waals surface area contributed by atoms with E-state index in [1.165, 1.54) is 7.11 Å². The average Bonchev–Trinajstić information content (AvgIpc) is 2.38. The minimum Gasteiger partial charge on any atom is -0.467 e. The highest BCUT2D eigenvalue weighted by molar-refractivity contribution is 5.75. The first-order chi connectivity index (χ1) is 8.20. The maximum absolute atomic E-state index is 11.4. The largest absolute Gasteiger partial charge is 0.467 e. The van der Waals surface area contributed by atoms with Crippen molar-refractivity contribution in [2.45, 2.75) is 6.10 Å². The van der Waals surface area contributed by atoms with Gasteiger partial charge in [0.15, 0.2) is 6.10 Å². The highest BCUT2D eigenvalue weighted by Gasteiger charge is 2.27. The minimum absolute atomic E-state index is 0.362. The SMILES string of the molecule is COC(=O)C1CN(c2cccc(N)n2)CCO1. The van der Waals surface area contributed by atoms with Crippen LogP contribution >= 0.6 is 0 Å². The van der Waals surface area contributed by atoms with Crippen molar-refractivity contribution in [2.24, 2.45) is 0 Å². The number of hydrogen-bond donors (Lipinski definition) is 1. The lowest BCUT2D eigenvalue weighted by molar-refractivity contribution is -0.154.